The zero-order valence-electron chi connectivity index (χ0n) is 6.62. The van der Waals surface area contributed by atoms with E-state index in [0.29, 0.717) is 0 Å². The molecule has 0 aliphatic heterocycles. The molecule has 1 aromatic rings. The van der Waals surface area contributed by atoms with Gasteiger partial charge >= 0.3 is 0 Å². The maximum Gasteiger partial charge on any atom is 0.245 e. The molecule has 0 aromatic carbocycles. The van der Waals surface area contributed by atoms with E-state index in [1.807, 2.05) is 19.1 Å². The van der Waals surface area contributed by atoms with Gasteiger partial charge in [-0.15, -0.1) is 0 Å². The number of halogens is 1. The molecular formula is C9H8ClNO. The average Bonchev–Trinajstić information content (AvgIpc) is 2.05. The highest BCUT2D eigenvalue weighted by Gasteiger charge is 1.96. The highest BCUT2D eigenvalue weighted by atomic mass is 35.5. The number of hydrogen-bond donors (Lipinski definition) is 0. The molecule has 0 atom stereocenters. The number of carbonyl (C=O) groups is 1. The van der Waals surface area contributed by atoms with Crippen LogP contribution in [0.2, 0.25) is 0 Å². The second-order valence-electron chi connectivity index (χ2n) is 2.37. The predicted molar refractivity (Wildman–Crippen MR) is 48.7 cm³/mol. The van der Waals surface area contributed by atoms with Gasteiger partial charge in [0.1, 0.15) is 0 Å². The minimum Gasteiger partial charge on any atom is -0.276 e. The van der Waals surface area contributed by atoms with Gasteiger partial charge < -0.3 is 0 Å². The standard InChI is InChI=1S/C9H8ClNO/c1-7(5-9(10)12)8-3-2-4-11-6-8/h2-6H,1H3/b7-5-. The van der Waals surface area contributed by atoms with Gasteiger partial charge in [-0.05, 0) is 35.7 Å². The molecule has 2 nitrogen and oxygen atoms in total. The van der Waals surface area contributed by atoms with Crippen LogP contribution in [-0.4, -0.2) is 10.2 Å². The SMILES string of the molecule is C/C(=C/C(=O)Cl)c1cccnc1. The number of aromatic nitrogens is 1. The van der Waals surface area contributed by atoms with Gasteiger partial charge in [-0.1, -0.05) is 6.07 Å². The molecule has 0 N–H and O–H groups in total. The molecule has 0 spiro atoms. The van der Waals surface area contributed by atoms with Gasteiger partial charge in [0, 0.05) is 18.5 Å². The monoisotopic (exact) mass is 181 g/mol. The summed E-state index contributed by atoms with van der Waals surface area (Å²) >= 11 is 5.19. The van der Waals surface area contributed by atoms with Crippen LogP contribution in [0.1, 0.15) is 12.5 Å². The summed E-state index contributed by atoms with van der Waals surface area (Å²) in [5.41, 5.74) is 1.73. The Morgan fingerprint density at radius 2 is 2.42 bits per heavy atom. The number of allylic oxidation sites excluding steroid dienone is 2. The summed E-state index contributed by atoms with van der Waals surface area (Å²) in [7, 11) is 0. The quantitative estimate of drug-likeness (QED) is 0.518. The molecule has 0 bridgehead atoms. The number of carbonyl (C=O) groups excluding carboxylic acids is 1. The summed E-state index contributed by atoms with van der Waals surface area (Å²) in [6.07, 6.45) is 4.74. The second kappa shape index (κ2) is 4.02. The predicted octanol–water partition coefficient (Wildman–Crippen LogP) is 2.25. The highest BCUT2D eigenvalue weighted by Crippen LogP contribution is 2.11. The molecule has 0 aliphatic carbocycles. The van der Waals surface area contributed by atoms with Crippen molar-refractivity contribution < 1.29 is 4.79 Å². The Morgan fingerprint density at radius 3 is 2.92 bits per heavy atom. The molecule has 0 unspecified atom stereocenters. The summed E-state index contributed by atoms with van der Waals surface area (Å²) in [6.45, 7) is 1.82. The third-order valence-electron chi connectivity index (χ3n) is 1.45. The third kappa shape index (κ3) is 2.47. The van der Waals surface area contributed by atoms with Crippen molar-refractivity contribution in [2.75, 3.05) is 0 Å². The normalized spacial score (nSPS) is 11.3. The minimum absolute atomic E-state index is 0.462. The van der Waals surface area contributed by atoms with E-state index in [9.17, 15) is 4.79 Å². The lowest BCUT2D eigenvalue weighted by atomic mass is 10.1. The molecule has 0 saturated carbocycles. The Balaban J connectivity index is 2.93. The van der Waals surface area contributed by atoms with E-state index in [1.54, 1.807) is 12.4 Å². The third-order valence-corrected chi connectivity index (χ3v) is 1.56. The summed E-state index contributed by atoms with van der Waals surface area (Å²) < 4.78 is 0. The lowest BCUT2D eigenvalue weighted by Gasteiger charge is -1.97. The van der Waals surface area contributed by atoms with Crippen molar-refractivity contribution in [3.05, 3.63) is 36.2 Å². The van der Waals surface area contributed by atoms with Crippen LogP contribution in [-0.2, 0) is 4.79 Å². The van der Waals surface area contributed by atoms with E-state index in [4.69, 9.17) is 11.6 Å². The van der Waals surface area contributed by atoms with E-state index in [2.05, 4.69) is 4.98 Å². The van der Waals surface area contributed by atoms with Gasteiger partial charge in [-0.3, -0.25) is 9.78 Å². The van der Waals surface area contributed by atoms with Crippen LogP contribution >= 0.6 is 11.6 Å². The van der Waals surface area contributed by atoms with Gasteiger partial charge in [0.05, 0.1) is 0 Å². The Labute approximate surface area is 75.9 Å². The van der Waals surface area contributed by atoms with Crippen LogP contribution in [0, 0.1) is 0 Å². The van der Waals surface area contributed by atoms with Crippen molar-refractivity contribution in [3.63, 3.8) is 0 Å². The van der Waals surface area contributed by atoms with Crippen molar-refractivity contribution >= 4 is 22.4 Å². The number of rotatable bonds is 2. The molecule has 1 aromatic heterocycles. The van der Waals surface area contributed by atoms with E-state index >= 15 is 0 Å². The Bertz CT molecular complexity index is 306. The summed E-state index contributed by atoms with van der Waals surface area (Å²) in [4.78, 5) is 14.4. The Kier molecular flexibility index (Phi) is 3.00. The van der Waals surface area contributed by atoms with Gasteiger partial charge in [0.25, 0.3) is 0 Å². The molecule has 1 heterocycles. The Hall–Kier alpha value is -1.15. The fourth-order valence-corrected chi connectivity index (χ4v) is 1.01. The van der Waals surface area contributed by atoms with E-state index in [0.717, 1.165) is 11.1 Å². The first kappa shape index (κ1) is 8.94. The van der Waals surface area contributed by atoms with Crippen LogP contribution in [0.15, 0.2) is 30.6 Å². The highest BCUT2D eigenvalue weighted by molar-refractivity contribution is 6.66. The van der Waals surface area contributed by atoms with Crippen molar-refractivity contribution in [1.82, 2.24) is 4.98 Å². The molecule has 3 heteroatoms. The molecule has 1 rings (SSSR count). The zero-order chi connectivity index (χ0) is 8.97. The lowest BCUT2D eigenvalue weighted by molar-refractivity contribution is -0.107. The van der Waals surface area contributed by atoms with Gasteiger partial charge in [0.15, 0.2) is 0 Å². The van der Waals surface area contributed by atoms with Crippen molar-refractivity contribution in [1.29, 1.82) is 0 Å². The molecule has 0 fully saturated rings. The van der Waals surface area contributed by atoms with Crippen LogP contribution in [0.4, 0.5) is 0 Å². The summed E-state index contributed by atoms with van der Waals surface area (Å²) in [6, 6.07) is 3.68. The molecule has 12 heavy (non-hydrogen) atoms. The van der Waals surface area contributed by atoms with Gasteiger partial charge in [0.2, 0.25) is 5.24 Å². The van der Waals surface area contributed by atoms with Crippen molar-refractivity contribution in [2.45, 2.75) is 6.92 Å². The van der Waals surface area contributed by atoms with E-state index in [-0.39, 0.29) is 0 Å². The minimum atomic E-state index is -0.462. The molecule has 0 amide bonds. The molecule has 62 valence electrons. The summed E-state index contributed by atoms with van der Waals surface area (Å²) in [5.74, 6) is 0. The van der Waals surface area contributed by atoms with E-state index < -0.39 is 5.24 Å². The number of hydrogen-bond acceptors (Lipinski definition) is 2. The van der Waals surface area contributed by atoms with Crippen LogP contribution in [0.5, 0.6) is 0 Å². The first-order chi connectivity index (χ1) is 5.70. The fourth-order valence-electron chi connectivity index (χ4n) is 0.850. The first-order valence-electron chi connectivity index (χ1n) is 3.48. The van der Waals surface area contributed by atoms with Gasteiger partial charge in [-0.2, -0.15) is 0 Å². The Morgan fingerprint density at radius 1 is 1.67 bits per heavy atom. The molecule has 0 saturated heterocycles. The van der Waals surface area contributed by atoms with Gasteiger partial charge in [-0.25, -0.2) is 0 Å². The second-order valence-corrected chi connectivity index (χ2v) is 2.75. The maximum atomic E-state index is 10.5. The average molecular weight is 182 g/mol. The number of nitrogens with zero attached hydrogens (tertiary/aromatic N) is 1. The molecule has 0 aliphatic rings. The molecule has 0 radical (unpaired) electrons. The number of pyridine rings is 1. The van der Waals surface area contributed by atoms with Crippen molar-refractivity contribution in [3.8, 4) is 0 Å². The lowest BCUT2D eigenvalue weighted by Crippen LogP contribution is -1.84. The van der Waals surface area contributed by atoms with Crippen LogP contribution in [0.3, 0.4) is 0 Å². The topological polar surface area (TPSA) is 30.0 Å². The zero-order valence-corrected chi connectivity index (χ0v) is 7.38. The van der Waals surface area contributed by atoms with E-state index in [1.165, 1.54) is 6.08 Å². The van der Waals surface area contributed by atoms with Crippen LogP contribution < -0.4 is 0 Å². The molecular weight excluding hydrogens is 174 g/mol. The largest absolute Gasteiger partial charge is 0.276 e. The summed E-state index contributed by atoms with van der Waals surface area (Å²) in [5, 5.41) is -0.462. The van der Waals surface area contributed by atoms with Crippen molar-refractivity contribution in [2.24, 2.45) is 0 Å². The smallest absolute Gasteiger partial charge is 0.245 e. The first-order valence-corrected chi connectivity index (χ1v) is 3.86. The maximum absolute atomic E-state index is 10.5. The van der Waals surface area contributed by atoms with Crippen LogP contribution in [0.25, 0.3) is 5.57 Å². The fraction of sp³-hybridized carbons (Fsp3) is 0.111.